The third kappa shape index (κ3) is 3.46. The van der Waals surface area contributed by atoms with Gasteiger partial charge in [-0.05, 0) is 46.5 Å². The first-order chi connectivity index (χ1) is 9.36. The molecule has 0 saturated heterocycles. The summed E-state index contributed by atoms with van der Waals surface area (Å²) in [6.07, 6.45) is 0.753. The van der Waals surface area contributed by atoms with E-state index in [1.54, 1.807) is 6.07 Å². The standard InChI is InChI=1S/C14H14BrClFN3/c1-7(2)3-11-12(15)13(18)20-14(19-11)8-4-9(16)6-10(17)5-8/h4-7H,3H2,1-2H3,(H2,18,19,20). The van der Waals surface area contributed by atoms with E-state index in [2.05, 4.69) is 39.7 Å². The molecular formula is C14H14BrClFN3. The van der Waals surface area contributed by atoms with Crippen LogP contribution in [-0.4, -0.2) is 9.97 Å². The minimum atomic E-state index is -0.428. The van der Waals surface area contributed by atoms with Gasteiger partial charge in [0.25, 0.3) is 0 Å². The van der Waals surface area contributed by atoms with E-state index in [1.807, 2.05) is 0 Å². The minimum absolute atomic E-state index is 0.301. The van der Waals surface area contributed by atoms with Crippen molar-refractivity contribution in [2.24, 2.45) is 5.92 Å². The highest BCUT2D eigenvalue weighted by Crippen LogP contribution is 2.28. The number of nitrogens with two attached hydrogens (primary N) is 1. The molecule has 2 aromatic rings. The third-order valence-corrected chi connectivity index (χ3v) is 3.75. The topological polar surface area (TPSA) is 51.8 Å². The van der Waals surface area contributed by atoms with Gasteiger partial charge in [-0.1, -0.05) is 25.4 Å². The maximum Gasteiger partial charge on any atom is 0.161 e. The second kappa shape index (κ2) is 6.06. The van der Waals surface area contributed by atoms with Gasteiger partial charge in [0, 0.05) is 10.6 Å². The number of nitrogen functional groups attached to an aromatic ring is 1. The third-order valence-electron chi connectivity index (χ3n) is 2.67. The van der Waals surface area contributed by atoms with E-state index in [4.69, 9.17) is 17.3 Å². The van der Waals surface area contributed by atoms with E-state index in [1.165, 1.54) is 12.1 Å². The van der Waals surface area contributed by atoms with Crippen LogP contribution in [0, 0.1) is 11.7 Å². The first-order valence-electron chi connectivity index (χ1n) is 6.15. The summed E-state index contributed by atoms with van der Waals surface area (Å²) in [5.41, 5.74) is 7.21. The summed E-state index contributed by atoms with van der Waals surface area (Å²) < 4.78 is 14.1. The molecule has 0 spiro atoms. The molecule has 0 saturated carbocycles. The van der Waals surface area contributed by atoms with E-state index < -0.39 is 5.82 Å². The number of anilines is 1. The quantitative estimate of drug-likeness (QED) is 0.880. The molecule has 20 heavy (non-hydrogen) atoms. The summed E-state index contributed by atoms with van der Waals surface area (Å²) >= 11 is 9.25. The summed E-state index contributed by atoms with van der Waals surface area (Å²) in [7, 11) is 0. The van der Waals surface area contributed by atoms with Gasteiger partial charge in [0.15, 0.2) is 5.82 Å². The lowest BCUT2D eigenvalue weighted by molar-refractivity contribution is 0.627. The van der Waals surface area contributed by atoms with Crippen LogP contribution in [0.15, 0.2) is 22.7 Å². The molecule has 0 radical (unpaired) electrons. The van der Waals surface area contributed by atoms with E-state index in [-0.39, 0.29) is 0 Å². The van der Waals surface area contributed by atoms with Gasteiger partial charge in [0.1, 0.15) is 11.6 Å². The Balaban J connectivity index is 2.54. The maximum atomic E-state index is 13.4. The van der Waals surface area contributed by atoms with Crippen molar-refractivity contribution in [3.8, 4) is 11.4 Å². The number of hydrogen-bond acceptors (Lipinski definition) is 3. The van der Waals surface area contributed by atoms with Crippen LogP contribution >= 0.6 is 27.5 Å². The Morgan fingerprint density at radius 1 is 1.30 bits per heavy atom. The van der Waals surface area contributed by atoms with Crippen LogP contribution < -0.4 is 5.73 Å². The fourth-order valence-corrected chi connectivity index (χ4v) is 2.41. The zero-order valence-corrected chi connectivity index (χ0v) is 13.5. The number of halogens is 3. The lowest BCUT2D eigenvalue weighted by atomic mass is 10.1. The van der Waals surface area contributed by atoms with Gasteiger partial charge in [-0.15, -0.1) is 0 Å². The molecule has 106 valence electrons. The normalized spacial score (nSPS) is 11.1. The van der Waals surface area contributed by atoms with Crippen molar-refractivity contribution in [2.75, 3.05) is 5.73 Å². The predicted molar refractivity (Wildman–Crippen MR) is 83.1 cm³/mol. The molecule has 0 fully saturated rings. The average Bonchev–Trinajstić information content (AvgIpc) is 2.32. The lowest BCUT2D eigenvalue weighted by Gasteiger charge is -2.11. The van der Waals surface area contributed by atoms with Crippen LogP contribution in [0.2, 0.25) is 5.02 Å². The Kier molecular flexibility index (Phi) is 4.60. The van der Waals surface area contributed by atoms with Crippen molar-refractivity contribution in [3.05, 3.63) is 39.2 Å². The van der Waals surface area contributed by atoms with Crippen molar-refractivity contribution >= 4 is 33.3 Å². The van der Waals surface area contributed by atoms with Crippen LogP contribution in [0.4, 0.5) is 10.2 Å². The van der Waals surface area contributed by atoms with Gasteiger partial charge >= 0.3 is 0 Å². The second-order valence-electron chi connectivity index (χ2n) is 4.95. The summed E-state index contributed by atoms with van der Waals surface area (Å²) in [6.45, 7) is 4.17. The van der Waals surface area contributed by atoms with E-state index in [0.717, 1.165) is 12.1 Å². The van der Waals surface area contributed by atoms with Gasteiger partial charge in [0.2, 0.25) is 0 Å². The fourth-order valence-electron chi connectivity index (χ4n) is 1.85. The molecule has 1 aromatic heterocycles. The van der Waals surface area contributed by atoms with Crippen LogP contribution in [-0.2, 0) is 6.42 Å². The Morgan fingerprint density at radius 3 is 2.60 bits per heavy atom. The van der Waals surface area contributed by atoms with E-state index in [0.29, 0.717) is 32.6 Å². The van der Waals surface area contributed by atoms with Gasteiger partial charge in [-0.2, -0.15) is 0 Å². The molecule has 6 heteroatoms. The monoisotopic (exact) mass is 357 g/mol. The molecule has 1 aromatic carbocycles. The molecule has 2 N–H and O–H groups in total. The van der Waals surface area contributed by atoms with Crippen molar-refractivity contribution < 1.29 is 4.39 Å². The van der Waals surface area contributed by atoms with Crippen molar-refractivity contribution in [1.29, 1.82) is 0 Å². The zero-order valence-electron chi connectivity index (χ0n) is 11.1. The van der Waals surface area contributed by atoms with Crippen molar-refractivity contribution in [1.82, 2.24) is 9.97 Å². The van der Waals surface area contributed by atoms with Crippen molar-refractivity contribution in [3.63, 3.8) is 0 Å². The van der Waals surface area contributed by atoms with Gasteiger partial charge in [-0.25, -0.2) is 14.4 Å². The van der Waals surface area contributed by atoms with Crippen LogP contribution in [0.5, 0.6) is 0 Å². The fraction of sp³-hybridized carbons (Fsp3) is 0.286. The second-order valence-corrected chi connectivity index (χ2v) is 6.18. The van der Waals surface area contributed by atoms with Gasteiger partial charge in [0.05, 0.1) is 10.2 Å². The highest BCUT2D eigenvalue weighted by molar-refractivity contribution is 9.10. The van der Waals surface area contributed by atoms with Crippen LogP contribution in [0.25, 0.3) is 11.4 Å². The summed E-state index contributed by atoms with van der Waals surface area (Å²) in [5, 5.41) is 0.301. The Bertz CT molecular complexity index is 626. The molecule has 0 aliphatic carbocycles. The summed E-state index contributed by atoms with van der Waals surface area (Å²) in [5.74, 6) is 0.710. The minimum Gasteiger partial charge on any atom is -0.383 e. The molecule has 0 atom stereocenters. The molecule has 0 aliphatic heterocycles. The molecule has 3 nitrogen and oxygen atoms in total. The van der Waals surface area contributed by atoms with Crippen LogP contribution in [0.3, 0.4) is 0 Å². The van der Waals surface area contributed by atoms with E-state index >= 15 is 0 Å². The smallest absolute Gasteiger partial charge is 0.161 e. The summed E-state index contributed by atoms with van der Waals surface area (Å²) in [6, 6.07) is 4.20. The Labute approximate surface area is 130 Å². The first kappa shape index (κ1) is 15.2. The highest BCUT2D eigenvalue weighted by Gasteiger charge is 2.13. The van der Waals surface area contributed by atoms with Crippen molar-refractivity contribution in [2.45, 2.75) is 20.3 Å². The highest BCUT2D eigenvalue weighted by atomic mass is 79.9. The first-order valence-corrected chi connectivity index (χ1v) is 7.32. The van der Waals surface area contributed by atoms with Crippen LogP contribution in [0.1, 0.15) is 19.5 Å². The molecule has 0 amide bonds. The number of rotatable bonds is 3. The SMILES string of the molecule is CC(C)Cc1nc(-c2cc(F)cc(Cl)c2)nc(N)c1Br. The lowest BCUT2D eigenvalue weighted by Crippen LogP contribution is -2.05. The largest absolute Gasteiger partial charge is 0.383 e. The van der Waals surface area contributed by atoms with Gasteiger partial charge in [-0.3, -0.25) is 0 Å². The maximum absolute atomic E-state index is 13.4. The Morgan fingerprint density at radius 2 is 2.00 bits per heavy atom. The van der Waals surface area contributed by atoms with E-state index in [9.17, 15) is 4.39 Å². The number of benzene rings is 1. The predicted octanol–water partition coefficient (Wildman–Crippen LogP) is 4.48. The Hall–Kier alpha value is -1.20. The molecular weight excluding hydrogens is 345 g/mol. The summed E-state index contributed by atoms with van der Waals surface area (Å²) in [4.78, 5) is 8.65. The number of nitrogens with zero attached hydrogens (tertiary/aromatic N) is 2. The molecule has 0 unspecified atom stereocenters. The molecule has 0 aliphatic rings. The molecule has 1 heterocycles. The molecule has 0 bridgehead atoms. The zero-order chi connectivity index (χ0) is 14.9. The number of aromatic nitrogens is 2. The number of hydrogen-bond donors (Lipinski definition) is 1. The average molecular weight is 359 g/mol. The van der Waals surface area contributed by atoms with Gasteiger partial charge < -0.3 is 5.73 Å². The molecule has 2 rings (SSSR count).